The van der Waals surface area contributed by atoms with Gasteiger partial charge in [-0.1, -0.05) is 32.9 Å². The minimum atomic E-state index is -3.85. The van der Waals surface area contributed by atoms with E-state index in [0.29, 0.717) is 35.4 Å². The third-order valence-electron chi connectivity index (χ3n) is 8.53. The van der Waals surface area contributed by atoms with Crippen molar-refractivity contribution in [3.05, 3.63) is 58.7 Å². The predicted octanol–water partition coefficient (Wildman–Crippen LogP) is 4.78. The zero-order chi connectivity index (χ0) is 33.6. The molecule has 1 saturated heterocycles. The predicted molar refractivity (Wildman–Crippen MR) is 172 cm³/mol. The van der Waals surface area contributed by atoms with Crippen LogP contribution in [0.1, 0.15) is 55.5 Å². The molecule has 0 radical (unpaired) electrons. The SMILES string of the molecule is COCOc1c(CC(=O)OC)cc(C(O[Si](C)(C)C(C)(C)C)C2CCN(Cc3ccc(OC)cc3)S2(=O)=O)cc1CC(=O)OC. The number of nitrogens with zero attached hydrogens (tertiary/aromatic N) is 1. The van der Waals surface area contributed by atoms with Gasteiger partial charge in [0.1, 0.15) is 16.7 Å². The van der Waals surface area contributed by atoms with Gasteiger partial charge in [0.25, 0.3) is 0 Å². The smallest absolute Gasteiger partial charge is 0.310 e. The number of hydrogen-bond acceptors (Lipinski definition) is 10. The molecule has 45 heavy (non-hydrogen) atoms. The number of rotatable bonds is 14. The number of benzene rings is 2. The van der Waals surface area contributed by atoms with Crippen LogP contribution in [-0.2, 0) is 57.6 Å². The van der Waals surface area contributed by atoms with Gasteiger partial charge in [0.05, 0.1) is 40.3 Å². The standard InChI is InChI=1S/C32H47NO10SSi/c1-32(2,3)45(8,9)43-31(27-14-15-33(44(27,36)37)20-22-10-12-26(39-5)13-11-22)23-16-24(18-28(34)40-6)30(42-21-38-4)25(17-23)19-29(35)41-7/h10-13,16-17,27,31H,14-15,18-21H2,1-9H3. The number of ether oxygens (including phenoxy) is 5. The van der Waals surface area contributed by atoms with E-state index in [0.717, 1.165) is 5.56 Å². The fourth-order valence-electron chi connectivity index (χ4n) is 4.97. The van der Waals surface area contributed by atoms with Crippen LogP contribution in [0.25, 0.3) is 0 Å². The Kier molecular flexibility index (Phi) is 12.2. The molecule has 250 valence electrons. The maximum atomic E-state index is 14.2. The second kappa shape index (κ2) is 15.1. The highest BCUT2D eigenvalue weighted by Gasteiger charge is 2.49. The molecule has 2 atom stereocenters. The number of esters is 2. The van der Waals surface area contributed by atoms with Crippen molar-refractivity contribution in [2.24, 2.45) is 0 Å². The highest BCUT2D eigenvalue weighted by molar-refractivity contribution is 7.90. The normalized spacial score (nSPS) is 17.5. The van der Waals surface area contributed by atoms with Gasteiger partial charge in [-0.2, -0.15) is 4.31 Å². The summed E-state index contributed by atoms with van der Waals surface area (Å²) >= 11 is 0. The Morgan fingerprint density at radius 3 is 1.98 bits per heavy atom. The van der Waals surface area contributed by atoms with Crippen molar-refractivity contribution in [3.63, 3.8) is 0 Å². The molecule has 0 amide bonds. The van der Waals surface area contributed by atoms with Gasteiger partial charge in [-0.05, 0) is 59.9 Å². The van der Waals surface area contributed by atoms with Crippen LogP contribution in [0.15, 0.2) is 36.4 Å². The van der Waals surface area contributed by atoms with E-state index < -0.39 is 41.6 Å². The summed E-state index contributed by atoms with van der Waals surface area (Å²) in [6.45, 7) is 10.8. The molecular weight excluding hydrogens is 619 g/mol. The number of sulfonamides is 1. The lowest BCUT2D eigenvalue weighted by Crippen LogP contribution is -2.45. The number of carbonyl (C=O) groups excluding carboxylic acids is 2. The summed E-state index contributed by atoms with van der Waals surface area (Å²) in [5, 5.41) is -1.14. The summed E-state index contributed by atoms with van der Waals surface area (Å²) in [6.07, 6.45) is -0.907. The molecule has 1 aliphatic rings. The van der Waals surface area contributed by atoms with Crippen molar-refractivity contribution in [3.8, 4) is 11.5 Å². The van der Waals surface area contributed by atoms with Crippen LogP contribution in [0.3, 0.4) is 0 Å². The Bertz CT molecular complexity index is 1400. The summed E-state index contributed by atoms with van der Waals surface area (Å²) in [7, 11) is -0.814. The quantitative estimate of drug-likeness (QED) is 0.158. The summed E-state index contributed by atoms with van der Waals surface area (Å²) in [5.74, 6) is -0.0935. The molecule has 2 aromatic rings. The van der Waals surface area contributed by atoms with Crippen molar-refractivity contribution >= 4 is 30.3 Å². The minimum Gasteiger partial charge on any atom is -0.497 e. The van der Waals surface area contributed by atoms with E-state index in [1.807, 2.05) is 12.1 Å². The molecule has 0 aromatic heterocycles. The van der Waals surface area contributed by atoms with E-state index in [4.69, 9.17) is 28.1 Å². The second-order valence-electron chi connectivity index (χ2n) is 12.6. The third kappa shape index (κ3) is 8.85. The van der Waals surface area contributed by atoms with Gasteiger partial charge < -0.3 is 28.1 Å². The molecular formula is C32H47NO10SSi. The van der Waals surface area contributed by atoms with Gasteiger partial charge in [0.2, 0.25) is 10.0 Å². The zero-order valence-corrected chi connectivity index (χ0v) is 29.6. The number of hydrogen-bond donors (Lipinski definition) is 0. The van der Waals surface area contributed by atoms with E-state index >= 15 is 0 Å². The Labute approximate surface area is 268 Å². The van der Waals surface area contributed by atoms with Crippen molar-refractivity contribution in [2.45, 2.75) is 76.1 Å². The lowest BCUT2D eigenvalue weighted by molar-refractivity contribution is -0.140. The molecule has 0 aliphatic carbocycles. The molecule has 2 aromatic carbocycles. The topological polar surface area (TPSA) is 127 Å². The van der Waals surface area contributed by atoms with Gasteiger partial charge in [-0.25, -0.2) is 8.42 Å². The van der Waals surface area contributed by atoms with Crippen LogP contribution in [-0.4, -0.2) is 80.0 Å². The maximum absolute atomic E-state index is 14.2. The molecule has 1 fully saturated rings. The first kappa shape index (κ1) is 36.5. The second-order valence-corrected chi connectivity index (χ2v) is 19.5. The molecule has 13 heteroatoms. The summed E-state index contributed by atoms with van der Waals surface area (Å²) in [5.41, 5.74) is 2.21. The Morgan fingerprint density at radius 2 is 1.51 bits per heavy atom. The van der Waals surface area contributed by atoms with Crippen molar-refractivity contribution < 1.29 is 46.1 Å². The third-order valence-corrected chi connectivity index (χ3v) is 15.3. The van der Waals surface area contributed by atoms with Gasteiger partial charge in [-0.15, -0.1) is 0 Å². The Morgan fingerprint density at radius 1 is 0.956 bits per heavy atom. The van der Waals surface area contributed by atoms with Gasteiger partial charge in [0, 0.05) is 31.3 Å². The molecule has 3 rings (SSSR count). The Balaban J connectivity index is 2.18. The maximum Gasteiger partial charge on any atom is 0.310 e. The lowest BCUT2D eigenvalue weighted by atomic mass is 9.95. The summed E-state index contributed by atoms with van der Waals surface area (Å²) in [4.78, 5) is 25.0. The molecule has 0 bridgehead atoms. The summed E-state index contributed by atoms with van der Waals surface area (Å²) < 4.78 is 63.0. The minimum absolute atomic E-state index is 0.136. The van der Waals surface area contributed by atoms with E-state index in [2.05, 4.69) is 33.9 Å². The molecule has 1 aliphatic heterocycles. The number of methoxy groups -OCH3 is 4. The fraction of sp³-hybridized carbons (Fsp3) is 0.562. The average Bonchev–Trinajstić information content (AvgIpc) is 3.27. The molecule has 0 N–H and O–H groups in total. The zero-order valence-electron chi connectivity index (χ0n) is 27.8. The monoisotopic (exact) mass is 665 g/mol. The molecule has 0 spiro atoms. The largest absolute Gasteiger partial charge is 0.497 e. The first-order chi connectivity index (χ1) is 21.1. The van der Waals surface area contributed by atoms with E-state index in [9.17, 15) is 18.0 Å². The first-order valence-electron chi connectivity index (χ1n) is 14.8. The van der Waals surface area contributed by atoms with Gasteiger partial charge in [0.15, 0.2) is 15.1 Å². The highest BCUT2D eigenvalue weighted by Crippen LogP contribution is 2.45. The fourth-order valence-corrected chi connectivity index (χ4v) is 8.36. The van der Waals surface area contributed by atoms with E-state index in [1.165, 1.54) is 25.6 Å². The molecule has 11 nitrogen and oxygen atoms in total. The van der Waals surface area contributed by atoms with Crippen LogP contribution in [0, 0.1) is 0 Å². The van der Waals surface area contributed by atoms with E-state index in [1.54, 1.807) is 31.4 Å². The first-order valence-corrected chi connectivity index (χ1v) is 19.2. The molecule has 0 saturated carbocycles. The van der Waals surface area contributed by atoms with Crippen LogP contribution < -0.4 is 9.47 Å². The van der Waals surface area contributed by atoms with Crippen LogP contribution in [0.2, 0.25) is 18.1 Å². The van der Waals surface area contributed by atoms with Crippen LogP contribution in [0.4, 0.5) is 0 Å². The summed E-state index contributed by atoms with van der Waals surface area (Å²) in [6, 6.07) is 10.8. The van der Waals surface area contributed by atoms with Crippen molar-refractivity contribution in [1.29, 1.82) is 0 Å². The van der Waals surface area contributed by atoms with Crippen LogP contribution >= 0.6 is 0 Å². The highest BCUT2D eigenvalue weighted by atomic mass is 32.2. The lowest BCUT2D eigenvalue weighted by Gasteiger charge is -2.41. The van der Waals surface area contributed by atoms with Crippen LogP contribution in [0.5, 0.6) is 11.5 Å². The molecule has 1 heterocycles. The van der Waals surface area contributed by atoms with E-state index in [-0.39, 0.29) is 37.0 Å². The number of carbonyl (C=O) groups is 2. The van der Waals surface area contributed by atoms with Crippen molar-refractivity contribution in [2.75, 3.05) is 41.8 Å². The Hall–Kier alpha value is -2.97. The van der Waals surface area contributed by atoms with Gasteiger partial charge in [-0.3, -0.25) is 9.59 Å². The van der Waals surface area contributed by atoms with Gasteiger partial charge >= 0.3 is 11.9 Å². The average molecular weight is 666 g/mol. The molecule has 2 unspecified atom stereocenters. The van der Waals surface area contributed by atoms with Crippen molar-refractivity contribution in [1.82, 2.24) is 4.31 Å².